The van der Waals surface area contributed by atoms with Crippen LogP contribution < -0.4 is 4.90 Å². The lowest BCUT2D eigenvalue weighted by molar-refractivity contribution is 0.0697. The number of anilines is 1. The molecule has 20 heavy (non-hydrogen) atoms. The van der Waals surface area contributed by atoms with Crippen molar-refractivity contribution in [1.29, 1.82) is 0 Å². The van der Waals surface area contributed by atoms with E-state index in [1.165, 1.54) is 42.3 Å². The SMILES string of the molecule is CN(C(=O)c1ccc(F)cc1)c1ccccc1C(=O)O. The Kier molecular flexibility index (Phi) is 3.79. The molecule has 4 nitrogen and oxygen atoms in total. The molecule has 0 aliphatic heterocycles. The Morgan fingerprint density at radius 1 is 1.05 bits per heavy atom. The minimum atomic E-state index is -1.11. The van der Waals surface area contributed by atoms with Gasteiger partial charge in [-0.1, -0.05) is 12.1 Å². The van der Waals surface area contributed by atoms with Gasteiger partial charge in [0.25, 0.3) is 5.91 Å². The lowest BCUT2D eigenvalue weighted by atomic mass is 10.1. The topological polar surface area (TPSA) is 57.6 Å². The van der Waals surface area contributed by atoms with E-state index < -0.39 is 17.7 Å². The lowest BCUT2D eigenvalue weighted by Crippen LogP contribution is -2.27. The highest BCUT2D eigenvalue weighted by molar-refractivity contribution is 6.08. The molecular formula is C15H12FNO3. The monoisotopic (exact) mass is 273 g/mol. The predicted molar refractivity (Wildman–Crippen MR) is 72.5 cm³/mol. The molecule has 0 aromatic heterocycles. The summed E-state index contributed by atoms with van der Waals surface area (Å²) in [6.07, 6.45) is 0. The van der Waals surface area contributed by atoms with E-state index in [0.29, 0.717) is 0 Å². The first kappa shape index (κ1) is 13.7. The van der Waals surface area contributed by atoms with E-state index in [2.05, 4.69) is 0 Å². The Morgan fingerprint density at radius 2 is 1.65 bits per heavy atom. The summed E-state index contributed by atoms with van der Waals surface area (Å²) >= 11 is 0. The van der Waals surface area contributed by atoms with Crippen LogP contribution in [-0.4, -0.2) is 24.0 Å². The third-order valence-electron chi connectivity index (χ3n) is 2.89. The van der Waals surface area contributed by atoms with Gasteiger partial charge in [-0.2, -0.15) is 0 Å². The molecule has 1 amide bonds. The molecule has 0 saturated heterocycles. The van der Waals surface area contributed by atoms with Crippen LogP contribution in [0.1, 0.15) is 20.7 Å². The Hall–Kier alpha value is -2.69. The number of para-hydroxylation sites is 1. The van der Waals surface area contributed by atoms with Crippen LogP contribution in [0.25, 0.3) is 0 Å². The fourth-order valence-corrected chi connectivity index (χ4v) is 1.84. The van der Waals surface area contributed by atoms with Crippen molar-refractivity contribution < 1.29 is 19.1 Å². The number of carbonyl (C=O) groups excluding carboxylic acids is 1. The molecule has 0 bridgehead atoms. The Labute approximate surface area is 115 Å². The number of hydrogen-bond acceptors (Lipinski definition) is 2. The average Bonchev–Trinajstić information content (AvgIpc) is 2.46. The Balaban J connectivity index is 2.36. The van der Waals surface area contributed by atoms with E-state index in [1.807, 2.05) is 0 Å². The lowest BCUT2D eigenvalue weighted by Gasteiger charge is -2.19. The van der Waals surface area contributed by atoms with Gasteiger partial charge in [0.1, 0.15) is 5.82 Å². The molecule has 5 heteroatoms. The molecule has 0 spiro atoms. The third-order valence-corrected chi connectivity index (χ3v) is 2.89. The Morgan fingerprint density at radius 3 is 2.25 bits per heavy atom. The zero-order valence-corrected chi connectivity index (χ0v) is 10.7. The molecule has 0 fully saturated rings. The van der Waals surface area contributed by atoms with Gasteiger partial charge in [0.05, 0.1) is 11.3 Å². The number of halogens is 1. The van der Waals surface area contributed by atoms with Crippen LogP contribution in [-0.2, 0) is 0 Å². The average molecular weight is 273 g/mol. The number of hydrogen-bond donors (Lipinski definition) is 1. The molecule has 102 valence electrons. The number of rotatable bonds is 3. The highest BCUT2D eigenvalue weighted by Gasteiger charge is 2.18. The molecule has 1 N–H and O–H groups in total. The Bertz CT molecular complexity index is 652. The highest BCUT2D eigenvalue weighted by atomic mass is 19.1. The van der Waals surface area contributed by atoms with Gasteiger partial charge in [-0.15, -0.1) is 0 Å². The zero-order chi connectivity index (χ0) is 14.7. The van der Waals surface area contributed by atoms with Crippen molar-refractivity contribution >= 4 is 17.6 Å². The first-order valence-corrected chi connectivity index (χ1v) is 5.86. The van der Waals surface area contributed by atoms with Gasteiger partial charge >= 0.3 is 5.97 Å². The van der Waals surface area contributed by atoms with Gasteiger partial charge in [0.15, 0.2) is 0 Å². The van der Waals surface area contributed by atoms with E-state index in [4.69, 9.17) is 5.11 Å². The summed E-state index contributed by atoms with van der Waals surface area (Å²) in [7, 11) is 1.48. The van der Waals surface area contributed by atoms with Gasteiger partial charge in [-0.25, -0.2) is 9.18 Å². The number of carboxylic acid groups (broad SMARTS) is 1. The van der Waals surface area contributed by atoms with Crippen molar-refractivity contribution in [3.8, 4) is 0 Å². The number of aromatic carboxylic acids is 1. The number of benzene rings is 2. The van der Waals surface area contributed by atoms with Crippen molar-refractivity contribution in [2.75, 3.05) is 11.9 Å². The minimum Gasteiger partial charge on any atom is -0.478 e. The van der Waals surface area contributed by atoms with Gasteiger partial charge in [0.2, 0.25) is 0 Å². The maximum atomic E-state index is 12.8. The summed E-state index contributed by atoms with van der Waals surface area (Å²) in [4.78, 5) is 24.6. The van der Waals surface area contributed by atoms with E-state index in [9.17, 15) is 14.0 Å². The first-order valence-electron chi connectivity index (χ1n) is 5.86. The van der Waals surface area contributed by atoms with Crippen molar-refractivity contribution in [2.24, 2.45) is 0 Å². The zero-order valence-electron chi connectivity index (χ0n) is 10.7. The van der Waals surface area contributed by atoms with Gasteiger partial charge in [-0.05, 0) is 36.4 Å². The quantitative estimate of drug-likeness (QED) is 0.935. The van der Waals surface area contributed by atoms with Crippen LogP contribution in [0.3, 0.4) is 0 Å². The van der Waals surface area contributed by atoms with Crippen LogP contribution in [0.2, 0.25) is 0 Å². The van der Waals surface area contributed by atoms with Crippen LogP contribution in [0.4, 0.5) is 10.1 Å². The normalized spacial score (nSPS) is 10.1. The summed E-state index contributed by atoms with van der Waals surface area (Å²) in [5.41, 5.74) is 0.605. The van der Waals surface area contributed by atoms with Crippen LogP contribution in [0.5, 0.6) is 0 Å². The molecule has 0 unspecified atom stereocenters. The van der Waals surface area contributed by atoms with Gasteiger partial charge < -0.3 is 10.0 Å². The minimum absolute atomic E-state index is 0.0328. The number of amides is 1. The fourth-order valence-electron chi connectivity index (χ4n) is 1.84. The van der Waals surface area contributed by atoms with E-state index >= 15 is 0 Å². The summed E-state index contributed by atoms with van der Waals surface area (Å²) in [6.45, 7) is 0. The van der Waals surface area contributed by atoms with E-state index in [-0.39, 0.29) is 16.8 Å². The maximum Gasteiger partial charge on any atom is 0.337 e. The molecule has 0 heterocycles. The highest BCUT2D eigenvalue weighted by Crippen LogP contribution is 2.21. The summed E-state index contributed by atoms with van der Waals surface area (Å²) in [5.74, 6) is -1.95. The maximum absolute atomic E-state index is 12.8. The molecule has 0 aliphatic rings. The van der Waals surface area contributed by atoms with Gasteiger partial charge in [-0.3, -0.25) is 4.79 Å². The predicted octanol–water partition coefficient (Wildman–Crippen LogP) is 2.80. The number of nitrogens with zero attached hydrogens (tertiary/aromatic N) is 1. The fraction of sp³-hybridized carbons (Fsp3) is 0.0667. The van der Waals surface area contributed by atoms with Crippen LogP contribution in [0, 0.1) is 5.82 Å². The van der Waals surface area contributed by atoms with E-state index in [0.717, 1.165) is 0 Å². The first-order chi connectivity index (χ1) is 9.50. The second-order valence-corrected chi connectivity index (χ2v) is 4.19. The van der Waals surface area contributed by atoms with Crippen molar-refractivity contribution in [3.63, 3.8) is 0 Å². The van der Waals surface area contributed by atoms with Crippen molar-refractivity contribution in [1.82, 2.24) is 0 Å². The van der Waals surface area contributed by atoms with Crippen molar-refractivity contribution in [2.45, 2.75) is 0 Å². The molecule has 2 rings (SSSR count). The molecule has 0 aliphatic carbocycles. The second kappa shape index (κ2) is 5.52. The molecular weight excluding hydrogens is 261 g/mol. The summed E-state index contributed by atoms with van der Waals surface area (Å²) in [5, 5.41) is 9.12. The second-order valence-electron chi connectivity index (χ2n) is 4.19. The molecule has 2 aromatic carbocycles. The summed E-state index contributed by atoms with van der Waals surface area (Å²) in [6, 6.07) is 11.3. The largest absolute Gasteiger partial charge is 0.478 e. The number of carbonyl (C=O) groups is 2. The standard InChI is InChI=1S/C15H12FNO3/c1-17(13-5-3-2-4-12(13)15(19)20)14(18)10-6-8-11(16)9-7-10/h2-9H,1H3,(H,19,20). The molecule has 0 saturated carbocycles. The van der Waals surface area contributed by atoms with Crippen molar-refractivity contribution in [3.05, 3.63) is 65.5 Å². The number of carboxylic acids is 1. The van der Waals surface area contributed by atoms with E-state index in [1.54, 1.807) is 18.2 Å². The van der Waals surface area contributed by atoms with Crippen LogP contribution in [0.15, 0.2) is 48.5 Å². The molecule has 0 radical (unpaired) electrons. The smallest absolute Gasteiger partial charge is 0.337 e. The van der Waals surface area contributed by atoms with Gasteiger partial charge in [0, 0.05) is 12.6 Å². The van der Waals surface area contributed by atoms with Crippen LogP contribution >= 0.6 is 0 Å². The third kappa shape index (κ3) is 2.66. The summed E-state index contributed by atoms with van der Waals surface area (Å²) < 4.78 is 12.8. The molecule has 2 aromatic rings. The molecule has 0 atom stereocenters.